The van der Waals surface area contributed by atoms with Crippen LogP contribution in [0.25, 0.3) is 27.8 Å². The number of aromatic hydroxyl groups is 2. The molecule has 29 heavy (non-hydrogen) atoms. The van der Waals surface area contributed by atoms with Crippen molar-refractivity contribution in [3.8, 4) is 33.8 Å². The van der Waals surface area contributed by atoms with Gasteiger partial charge in [0, 0.05) is 23.5 Å². The van der Waals surface area contributed by atoms with Crippen molar-refractivity contribution in [1.82, 2.24) is 9.97 Å². The normalized spacial score (nSPS) is 10.9. The molecule has 0 radical (unpaired) electrons. The molecule has 0 aliphatic rings. The number of phenols is 2. The van der Waals surface area contributed by atoms with Crippen LogP contribution in [-0.4, -0.2) is 20.2 Å². The van der Waals surface area contributed by atoms with Gasteiger partial charge in [0.2, 0.25) is 0 Å². The molecule has 0 atom stereocenters. The van der Waals surface area contributed by atoms with Gasteiger partial charge in [-0.25, -0.2) is 9.97 Å². The molecule has 0 bridgehead atoms. The molecule has 0 saturated carbocycles. The van der Waals surface area contributed by atoms with E-state index in [1.807, 2.05) is 32.0 Å². The lowest BCUT2D eigenvalue weighted by Gasteiger charge is -2.19. The molecule has 0 aliphatic heterocycles. The smallest absolute Gasteiger partial charge is 0.135 e. The van der Waals surface area contributed by atoms with Crippen molar-refractivity contribution in [2.24, 2.45) is 0 Å². The predicted molar refractivity (Wildman–Crippen MR) is 119 cm³/mol. The molecule has 0 fully saturated rings. The van der Waals surface area contributed by atoms with Gasteiger partial charge in [0.05, 0.1) is 5.56 Å². The molecule has 4 nitrogen and oxygen atoms in total. The molecule has 0 aliphatic carbocycles. The van der Waals surface area contributed by atoms with Crippen molar-refractivity contribution in [3.05, 3.63) is 66.3 Å². The van der Waals surface area contributed by atoms with Gasteiger partial charge < -0.3 is 10.2 Å². The van der Waals surface area contributed by atoms with Crippen molar-refractivity contribution >= 4 is 5.57 Å². The highest BCUT2D eigenvalue weighted by Gasteiger charge is 2.22. The molecular formula is C25H28N2O2. The van der Waals surface area contributed by atoms with Gasteiger partial charge in [-0.15, -0.1) is 0 Å². The summed E-state index contributed by atoms with van der Waals surface area (Å²) < 4.78 is 0. The summed E-state index contributed by atoms with van der Waals surface area (Å²) >= 11 is 0. The van der Waals surface area contributed by atoms with Crippen molar-refractivity contribution < 1.29 is 10.2 Å². The van der Waals surface area contributed by atoms with Crippen LogP contribution in [-0.2, 0) is 6.42 Å². The Bertz CT molecular complexity index is 1030. The SMILES string of the molecule is C=C(C)c1ccc(C)cc1-c1c(O)cc(CCCCC)c(-c2cncnc2)c1O. The summed E-state index contributed by atoms with van der Waals surface area (Å²) in [7, 11) is 0. The summed E-state index contributed by atoms with van der Waals surface area (Å²) in [6.45, 7) is 10.1. The van der Waals surface area contributed by atoms with Crippen LogP contribution in [0.15, 0.2) is 49.6 Å². The number of unbranched alkanes of at least 4 members (excludes halogenated alkanes) is 2. The van der Waals surface area contributed by atoms with Gasteiger partial charge in [-0.3, -0.25) is 0 Å². The molecule has 2 N–H and O–H groups in total. The molecular weight excluding hydrogens is 360 g/mol. The lowest BCUT2D eigenvalue weighted by molar-refractivity contribution is 0.454. The number of hydrogen-bond donors (Lipinski definition) is 2. The highest BCUT2D eigenvalue weighted by molar-refractivity contribution is 5.92. The van der Waals surface area contributed by atoms with E-state index in [2.05, 4.69) is 23.5 Å². The van der Waals surface area contributed by atoms with E-state index in [4.69, 9.17) is 0 Å². The Hall–Kier alpha value is -3.14. The topological polar surface area (TPSA) is 66.2 Å². The van der Waals surface area contributed by atoms with Gasteiger partial charge in [-0.05, 0) is 49.4 Å². The molecule has 1 heterocycles. The third-order valence-electron chi connectivity index (χ3n) is 5.16. The van der Waals surface area contributed by atoms with Crippen LogP contribution in [0.4, 0.5) is 0 Å². The Morgan fingerprint density at radius 2 is 1.76 bits per heavy atom. The van der Waals surface area contributed by atoms with Crippen LogP contribution in [0, 0.1) is 6.92 Å². The number of hydrogen-bond acceptors (Lipinski definition) is 4. The maximum Gasteiger partial charge on any atom is 0.135 e. The van der Waals surface area contributed by atoms with Gasteiger partial charge in [-0.2, -0.15) is 0 Å². The molecule has 1 aromatic heterocycles. The van der Waals surface area contributed by atoms with Gasteiger partial charge in [-0.1, -0.05) is 55.7 Å². The molecule has 150 valence electrons. The van der Waals surface area contributed by atoms with Gasteiger partial charge in [0.25, 0.3) is 0 Å². The zero-order chi connectivity index (χ0) is 21.0. The first-order valence-electron chi connectivity index (χ1n) is 10.0. The summed E-state index contributed by atoms with van der Waals surface area (Å²) in [5.41, 5.74) is 6.32. The number of aromatic nitrogens is 2. The number of nitrogens with zero attached hydrogens (tertiary/aromatic N) is 2. The fourth-order valence-electron chi connectivity index (χ4n) is 3.72. The van der Waals surface area contributed by atoms with Crippen LogP contribution in [0.5, 0.6) is 11.5 Å². The fraction of sp³-hybridized carbons (Fsp3) is 0.280. The van der Waals surface area contributed by atoms with Gasteiger partial charge in [0.15, 0.2) is 0 Å². The Morgan fingerprint density at radius 1 is 1.03 bits per heavy atom. The Balaban J connectivity index is 2.28. The maximum absolute atomic E-state index is 11.4. The molecule has 3 aromatic rings. The molecule has 0 unspecified atom stereocenters. The molecule has 0 spiro atoms. The second-order valence-electron chi connectivity index (χ2n) is 7.57. The zero-order valence-electron chi connectivity index (χ0n) is 17.4. The number of aryl methyl sites for hydroxylation is 2. The van der Waals surface area contributed by atoms with E-state index >= 15 is 0 Å². The van der Waals surface area contributed by atoms with E-state index < -0.39 is 0 Å². The lowest BCUT2D eigenvalue weighted by atomic mass is 9.87. The molecule has 2 aromatic carbocycles. The second-order valence-corrected chi connectivity index (χ2v) is 7.57. The summed E-state index contributed by atoms with van der Waals surface area (Å²) in [5.74, 6) is 0.127. The average Bonchev–Trinajstić information content (AvgIpc) is 2.68. The van der Waals surface area contributed by atoms with E-state index in [9.17, 15) is 10.2 Å². The zero-order valence-corrected chi connectivity index (χ0v) is 17.4. The summed E-state index contributed by atoms with van der Waals surface area (Å²) in [6, 6.07) is 7.73. The predicted octanol–water partition coefficient (Wildman–Crippen LogP) is 6.30. The van der Waals surface area contributed by atoms with Crippen LogP contribution in [0.3, 0.4) is 0 Å². The number of phenolic OH excluding ortho intramolecular Hbond substituents is 2. The van der Waals surface area contributed by atoms with E-state index in [0.717, 1.165) is 59.1 Å². The van der Waals surface area contributed by atoms with E-state index in [-0.39, 0.29) is 11.5 Å². The van der Waals surface area contributed by atoms with Crippen molar-refractivity contribution in [2.75, 3.05) is 0 Å². The van der Waals surface area contributed by atoms with Crippen molar-refractivity contribution in [2.45, 2.75) is 46.5 Å². The highest BCUT2D eigenvalue weighted by atomic mass is 16.3. The number of rotatable bonds is 7. The van der Waals surface area contributed by atoms with E-state index in [0.29, 0.717) is 11.1 Å². The first kappa shape index (κ1) is 20.6. The van der Waals surface area contributed by atoms with Crippen LogP contribution < -0.4 is 0 Å². The van der Waals surface area contributed by atoms with E-state index in [1.54, 1.807) is 18.5 Å². The van der Waals surface area contributed by atoms with Crippen LogP contribution >= 0.6 is 0 Å². The average molecular weight is 389 g/mol. The van der Waals surface area contributed by atoms with Gasteiger partial charge in [0.1, 0.15) is 17.8 Å². The number of allylic oxidation sites excluding steroid dienone is 1. The summed E-state index contributed by atoms with van der Waals surface area (Å²) in [5, 5.41) is 22.3. The Kier molecular flexibility index (Phi) is 6.32. The first-order chi connectivity index (χ1) is 13.9. The Morgan fingerprint density at radius 3 is 2.41 bits per heavy atom. The molecule has 0 amide bonds. The minimum absolute atomic E-state index is 0.0550. The monoisotopic (exact) mass is 388 g/mol. The Labute approximate surface area is 172 Å². The summed E-state index contributed by atoms with van der Waals surface area (Å²) in [4.78, 5) is 8.25. The summed E-state index contributed by atoms with van der Waals surface area (Å²) in [6.07, 6.45) is 8.80. The molecule has 0 saturated heterocycles. The quantitative estimate of drug-likeness (QED) is 0.466. The second kappa shape index (κ2) is 8.91. The third-order valence-corrected chi connectivity index (χ3v) is 5.16. The van der Waals surface area contributed by atoms with Crippen molar-refractivity contribution in [3.63, 3.8) is 0 Å². The first-order valence-corrected chi connectivity index (χ1v) is 10.0. The fourth-order valence-corrected chi connectivity index (χ4v) is 3.72. The molecule has 3 rings (SSSR count). The third kappa shape index (κ3) is 4.32. The maximum atomic E-state index is 11.4. The van der Waals surface area contributed by atoms with Crippen LogP contribution in [0.2, 0.25) is 0 Å². The largest absolute Gasteiger partial charge is 0.507 e. The van der Waals surface area contributed by atoms with Crippen molar-refractivity contribution in [1.29, 1.82) is 0 Å². The minimum atomic E-state index is 0.0550. The van der Waals surface area contributed by atoms with Crippen LogP contribution in [0.1, 0.15) is 49.8 Å². The van der Waals surface area contributed by atoms with E-state index in [1.165, 1.54) is 6.33 Å². The van der Waals surface area contributed by atoms with Gasteiger partial charge >= 0.3 is 0 Å². The lowest BCUT2D eigenvalue weighted by Crippen LogP contribution is -1.97. The minimum Gasteiger partial charge on any atom is -0.507 e. The molecule has 4 heteroatoms. The standard InChI is InChI=1S/C25H28N2O2/c1-5-6-7-8-18-12-22(28)24(21-11-17(4)9-10-20(21)16(2)3)25(29)23(18)19-13-26-15-27-14-19/h9-15,28-29H,2,5-8H2,1,3-4H3. The highest BCUT2D eigenvalue weighted by Crippen LogP contribution is 2.47. The number of benzene rings is 2.